The fourth-order valence-corrected chi connectivity index (χ4v) is 11.2. The Morgan fingerprint density at radius 1 is 0.355 bits per heavy atom. The average Bonchev–Trinajstić information content (AvgIpc) is 3.42. The quantitative estimate of drug-likeness (QED) is 0.0320. The maximum absolute atomic E-state index is 12.5. The first kappa shape index (κ1) is 74.6. The van der Waals surface area contributed by atoms with Crippen molar-refractivity contribution in [2.45, 2.75) is 411 Å². The molecule has 0 spiro atoms. The Labute approximate surface area is 476 Å². The molecule has 2 unspecified atom stereocenters. The summed E-state index contributed by atoms with van der Waals surface area (Å²) in [5.74, 6) is -0.0204. The molecule has 0 aliphatic carbocycles. The molecular weight excluding hydrogens is 935 g/mol. The summed E-state index contributed by atoms with van der Waals surface area (Å²) in [6.45, 7) is 5.00. The minimum Gasteiger partial charge on any atom is -0.466 e. The fraction of sp³-hybridized carbons (Fsp3) is 0.943. The predicted octanol–water partition coefficient (Wildman–Crippen LogP) is 22.4. The van der Waals surface area contributed by atoms with Gasteiger partial charge in [0.15, 0.2) is 0 Å². The highest BCUT2D eigenvalue weighted by Crippen LogP contribution is 2.19. The third kappa shape index (κ3) is 61.8. The van der Waals surface area contributed by atoms with Gasteiger partial charge in [-0.2, -0.15) is 0 Å². The first-order valence-corrected chi connectivity index (χ1v) is 34.9. The van der Waals surface area contributed by atoms with Gasteiger partial charge in [0.05, 0.1) is 25.4 Å². The van der Waals surface area contributed by atoms with Crippen LogP contribution in [0.5, 0.6) is 0 Å². The number of rotatable bonds is 66. The van der Waals surface area contributed by atoms with Gasteiger partial charge in [-0.25, -0.2) is 0 Å². The minimum atomic E-state index is -0.668. The van der Waals surface area contributed by atoms with Crippen molar-refractivity contribution in [2.75, 3.05) is 13.2 Å². The second kappa shape index (κ2) is 66.1. The van der Waals surface area contributed by atoms with E-state index in [4.69, 9.17) is 4.74 Å². The molecule has 3 N–H and O–H groups in total. The van der Waals surface area contributed by atoms with Crippen LogP contribution in [0.1, 0.15) is 399 Å². The lowest BCUT2D eigenvalue weighted by atomic mass is 10.0. The number of nitrogens with one attached hydrogen (secondary N) is 1. The zero-order valence-corrected chi connectivity index (χ0v) is 51.8. The van der Waals surface area contributed by atoms with Crippen molar-refractivity contribution < 1.29 is 24.5 Å². The van der Waals surface area contributed by atoms with Gasteiger partial charge in [0.25, 0.3) is 0 Å². The summed E-state index contributed by atoms with van der Waals surface area (Å²) in [6, 6.07) is -0.546. The maximum Gasteiger partial charge on any atom is 0.305 e. The van der Waals surface area contributed by atoms with Gasteiger partial charge in [-0.1, -0.05) is 347 Å². The Kier molecular flexibility index (Phi) is 64.9. The monoisotopic (exact) mass is 1070 g/mol. The van der Waals surface area contributed by atoms with Crippen molar-refractivity contribution in [2.24, 2.45) is 0 Å². The van der Waals surface area contributed by atoms with Crippen molar-refractivity contribution in [1.82, 2.24) is 5.32 Å². The molecule has 1 amide bonds. The molecule has 6 nitrogen and oxygen atoms in total. The minimum absolute atomic E-state index is 0.0166. The van der Waals surface area contributed by atoms with Crippen LogP contribution in [0, 0.1) is 0 Å². The number of unbranched alkanes of at least 4 members (excludes halogenated alkanes) is 53. The smallest absolute Gasteiger partial charge is 0.305 e. The Morgan fingerprint density at radius 3 is 0.934 bits per heavy atom. The van der Waals surface area contributed by atoms with Gasteiger partial charge in [0, 0.05) is 12.8 Å². The van der Waals surface area contributed by atoms with Crippen molar-refractivity contribution in [3.05, 3.63) is 12.2 Å². The summed E-state index contributed by atoms with van der Waals surface area (Å²) in [5, 5.41) is 23.4. The number of esters is 1. The number of amides is 1. The van der Waals surface area contributed by atoms with Crippen LogP contribution in [-0.2, 0) is 14.3 Å². The first-order chi connectivity index (χ1) is 37.5. The van der Waals surface area contributed by atoms with E-state index in [-0.39, 0.29) is 18.5 Å². The lowest BCUT2D eigenvalue weighted by Gasteiger charge is -2.22. The maximum atomic E-state index is 12.5. The van der Waals surface area contributed by atoms with E-state index in [1.165, 1.54) is 327 Å². The fourth-order valence-electron chi connectivity index (χ4n) is 11.2. The van der Waals surface area contributed by atoms with E-state index in [9.17, 15) is 19.8 Å². The lowest BCUT2D eigenvalue weighted by Crippen LogP contribution is -2.45. The van der Waals surface area contributed by atoms with E-state index in [1.807, 2.05) is 0 Å². The van der Waals surface area contributed by atoms with Crippen LogP contribution in [0.15, 0.2) is 12.2 Å². The Balaban J connectivity index is 3.39. The largest absolute Gasteiger partial charge is 0.466 e. The summed E-state index contributed by atoms with van der Waals surface area (Å²) >= 11 is 0. The highest BCUT2D eigenvalue weighted by molar-refractivity contribution is 5.76. The standard InChI is InChI=1S/C70H137NO5/c1-3-5-7-9-11-13-15-17-19-21-27-31-34-38-42-46-50-54-58-62-68(73)67(66-72)71-69(74)63-59-55-51-47-43-39-35-32-28-25-23-22-24-26-29-33-37-41-45-49-53-57-61-65-76-70(75)64-60-56-52-48-44-40-36-30-20-18-16-14-12-10-8-6-4-2/h25,28,67-68,72-73H,3-24,26-27,29-66H2,1-2H3,(H,71,74)/b28-25-. The molecule has 2 atom stereocenters. The predicted molar refractivity (Wildman–Crippen MR) is 333 cm³/mol. The highest BCUT2D eigenvalue weighted by Gasteiger charge is 2.20. The molecule has 0 radical (unpaired) electrons. The number of aliphatic hydroxyl groups is 2. The van der Waals surface area contributed by atoms with Crippen LogP contribution in [0.4, 0.5) is 0 Å². The second-order valence-electron chi connectivity index (χ2n) is 24.2. The number of ether oxygens (including phenoxy) is 1. The highest BCUT2D eigenvalue weighted by atomic mass is 16.5. The zero-order chi connectivity index (χ0) is 55.0. The number of allylic oxidation sites excluding steroid dienone is 2. The third-order valence-electron chi connectivity index (χ3n) is 16.6. The van der Waals surface area contributed by atoms with E-state index >= 15 is 0 Å². The van der Waals surface area contributed by atoms with E-state index in [1.54, 1.807) is 0 Å². The summed E-state index contributed by atoms with van der Waals surface area (Å²) in [4.78, 5) is 24.6. The summed E-state index contributed by atoms with van der Waals surface area (Å²) in [7, 11) is 0. The molecule has 452 valence electrons. The third-order valence-corrected chi connectivity index (χ3v) is 16.6. The molecule has 0 aliphatic heterocycles. The van der Waals surface area contributed by atoms with Crippen LogP contribution in [-0.4, -0.2) is 47.4 Å². The van der Waals surface area contributed by atoms with E-state index in [2.05, 4.69) is 31.3 Å². The molecule has 6 heteroatoms. The average molecular weight is 1070 g/mol. The number of carbonyl (C=O) groups is 2. The second-order valence-corrected chi connectivity index (χ2v) is 24.2. The van der Waals surface area contributed by atoms with Crippen molar-refractivity contribution in [3.8, 4) is 0 Å². The molecule has 0 aromatic rings. The number of hydrogen-bond donors (Lipinski definition) is 3. The normalized spacial score (nSPS) is 12.5. The van der Waals surface area contributed by atoms with Crippen molar-refractivity contribution >= 4 is 11.9 Å². The topological polar surface area (TPSA) is 95.9 Å². The van der Waals surface area contributed by atoms with Gasteiger partial charge >= 0.3 is 5.97 Å². The van der Waals surface area contributed by atoms with Crippen LogP contribution >= 0.6 is 0 Å². The van der Waals surface area contributed by atoms with Gasteiger partial charge in [-0.05, 0) is 51.4 Å². The molecule has 0 heterocycles. The molecule has 0 rings (SSSR count). The molecule has 0 aliphatic rings. The van der Waals surface area contributed by atoms with Gasteiger partial charge in [0.1, 0.15) is 0 Å². The summed E-state index contributed by atoms with van der Waals surface area (Å²) in [6.07, 6.45) is 81.1. The summed E-state index contributed by atoms with van der Waals surface area (Å²) in [5.41, 5.74) is 0. The van der Waals surface area contributed by atoms with Crippen molar-refractivity contribution in [1.29, 1.82) is 0 Å². The van der Waals surface area contributed by atoms with Gasteiger partial charge in [-0.3, -0.25) is 9.59 Å². The number of hydrogen-bond acceptors (Lipinski definition) is 5. The first-order valence-electron chi connectivity index (χ1n) is 34.9. The molecule has 0 saturated heterocycles. The Bertz CT molecular complexity index is 1140. The van der Waals surface area contributed by atoms with Crippen molar-refractivity contribution in [3.63, 3.8) is 0 Å². The van der Waals surface area contributed by atoms with Crippen LogP contribution in [0.3, 0.4) is 0 Å². The molecular formula is C70H137NO5. The molecule has 0 saturated carbocycles. The van der Waals surface area contributed by atoms with E-state index in [0.717, 1.165) is 38.5 Å². The van der Waals surface area contributed by atoms with E-state index < -0.39 is 12.1 Å². The van der Waals surface area contributed by atoms with Gasteiger partial charge in [0.2, 0.25) is 5.91 Å². The SMILES string of the molecule is CCCCCCCCCCCCCCCCCCCCCC(O)C(CO)NC(=O)CCCCCCCCC/C=C\CCCCCCCCCCCCCCOC(=O)CCCCCCCCCCCCCCCCCCC. The van der Waals surface area contributed by atoms with Gasteiger partial charge < -0.3 is 20.3 Å². The molecule has 0 aromatic carbocycles. The summed E-state index contributed by atoms with van der Waals surface area (Å²) < 4.78 is 5.50. The number of carbonyl (C=O) groups excluding carboxylic acids is 2. The molecule has 0 aromatic heterocycles. The van der Waals surface area contributed by atoms with Gasteiger partial charge in [-0.15, -0.1) is 0 Å². The molecule has 0 fully saturated rings. The molecule has 0 bridgehead atoms. The Morgan fingerprint density at radius 2 is 0.618 bits per heavy atom. The zero-order valence-electron chi connectivity index (χ0n) is 51.8. The molecule has 76 heavy (non-hydrogen) atoms. The lowest BCUT2D eigenvalue weighted by molar-refractivity contribution is -0.143. The van der Waals surface area contributed by atoms with E-state index in [0.29, 0.717) is 25.9 Å². The van der Waals surface area contributed by atoms with Crippen LogP contribution in [0.25, 0.3) is 0 Å². The van der Waals surface area contributed by atoms with Crippen LogP contribution < -0.4 is 5.32 Å². The number of aliphatic hydroxyl groups excluding tert-OH is 2. The van der Waals surface area contributed by atoms with Crippen LogP contribution in [0.2, 0.25) is 0 Å². The Hall–Kier alpha value is -1.40.